The third-order valence-electron chi connectivity index (χ3n) is 6.31. The first-order valence-corrected chi connectivity index (χ1v) is 13.0. The molecule has 2 aliphatic rings. The number of rotatable bonds is 8. The second kappa shape index (κ2) is 12.5. The summed E-state index contributed by atoms with van der Waals surface area (Å²) in [4.78, 5) is 23.9. The molecule has 3 heterocycles. The van der Waals surface area contributed by atoms with Crippen molar-refractivity contribution in [2.24, 2.45) is 0 Å². The number of fused-ring (bicyclic) bond motifs is 1. The summed E-state index contributed by atoms with van der Waals surface area (Å²) in [5.41, 5.74) is 1.66. The van der Waals surface area contributed by atoms with Gasteiger partial charge in [-0.25, -0.2) is 14.4 Å². The van der Waals surface area contributed by atoms with Crippen molar-refractivity contribution in [2.75, 3.05) is 56.7 Å². The average Bonchev–Trinajstić information content (AvgIpc) is 3.28. The van der Waals surface area contributed by atoms with Crippen molar-refractivity contribution >= 4 is 45.6 Å². The molecule has 9 nitrogen and oxygen atoms in total. The highest BCUT2D eigenvalue weighted by Gasteiger charge is 2.21. The maximum absolute atomic E-state index is 13.6. The van der Waals surface area contributed by atoms with Gasteiger partial charge in [0.05, 0.1) is 36.0 Å². The maximum Gasteiger partial charge on any atom is 0.248 e. The monoisotopic (exact) mass is 541 g/mol. The van der Waals surface area contributed by atoms with E-state index in [1.165, 1.54) is 24.5 Å². The molecule has 2 saturated heterocycles. The SMILES string of the molecule is O=C(/C=C/CN1CCCOCC1)Nc1cc2c(Nc3ccc(F)c(Cl)c3)ncnc2cc1OC1CCOC1. The van der Waals surface area contributed by atoms with Crippen LogP contribution < -0.4 is 15.4 Å². The van der Waals surface area contributed by atoms with Crippen molar-refractivity contribution in [3.05, 3.63) is 59.7 Å². The fourth-order valence-corrected chi connectivity index (χ4v) is 4.52. The van der Waals surface area contributed by atoms with Crippen LogP contribution in [0.4, 0.5) is 21.6 Å². The summed E-state index contributed by atoms with van der Waals surface area (Å²) >= 11 is 5.94. The van der Waals surface area contributed by atoms with E-state index in [-0.39, 0.29) is 17.0 Å². The summed E-state index contributed by atoms with van der Waals surface area (Å²) < 4.78 is 30.8. The fourth-order valence-electron chi connectivity index (χ4n) is 4.34. The van der Waals surface area contributed by atoms with E-state index >= 15 is 0 Å². The van der Waals surface area contributed by atoms with E-state index < -0.39 is 5.82 Å². The Morgan fingerprint density at radius 3 is 2.95 bits per heavy atom. The van der Waals surface area contributed by atoms with Gasteiger partial charge >= 0.3 is 0 Å². The van der Waals surface area contributed by atoms with Crippen LogP contribution in [0.25, 0.3) is 10.9 Å². The smallest absolute Gasteiger partial charge is 0.248 e. The van der Waals surface area contributed by atoms with E-state index in [2.05, 4.69) is 25.5 Å². The number of halogens is 2. The number of ether oxygens (including phenoxy) is 3. The molecule has 1 amide bonds. The molecule has 0 spiro atoms. The van der Waals surface area contributed by atoms with Crippen LogP contribution in [0.2, 0.25) is 5.02 Å². The van der Waals surface area contributed by atoms with Gasteiger partial charge in [-0.1, -0.05) is 17.7 Å². The zero-order chi connectivity index (χ0) is 26.3. The zero-order valence-electron chi connectivity index (χ0n) is 20.8. The first kappa shape index (κ1) is 26.3. The van der Waals surface area contributed by atoms with Crippen LogP contribution in [0.1, 0.15) is 12.8 Å². The van der Waals surface area contributed by atoms with Gasteiger partial charge in [0.1, 0.15) is 29.8 Å². The van der Waals surface area contributed by atoms with Crippen LogP contribution in [-0.4, -0.2) is 72.9 Å². The predicted molar refractivity (Wildman–Crippen MR) is 144 cm³/mol. The van der Waals surface area contributed by atoms with E-state index in [0.29, 0.717) is 60.2 Å². The summed E-state index contributed by atoms with van der Waals surface area (Å²) in [7, 11) is 0. The highest BCUT2D eigenvalue weighted by molar-refractivity contribution is 6.31. The molecule has 5 rings (SSSR count). The van der Waals surface area contributed by atoms with Crippen molar-refractivity contribution in [1.82, 2.24) is 14.9 Å². The summed E-state index contributed by atoms with van der Waals surface area (Å²) in [6.45, 7) is 5.02. The number of carbonyl (C=O) groups excluding carboxylic acids is 1. The normalized spacial score (nSPS) is 18.5. The van der Waals surface area contributed by atoms with Crippen LogP contribution in [0.15, 0.2) is 48.8 Å². The van der Waals surface area contributed by atoms with Crippen molar-refractivity contribution in [1.29, 1.82) is 0 Å². The van der Waals surface area contributed by atoms with Crippen LogP contribution >= 0.6 is 11.6 Å². The van der Waals surface area contributed by atoms with Crippen LogP contribution in [-0.2, 0) is 14.3 Å². The van der Waals surface area contributed by atoms with E-state index in [0.717, 1.165) is 32.5 Å². The molecule has 3 aromatic rings. The number of amides is 1. The van der Waals surface area contributed by atoms with E-state index in [1.54, 1.807) is 18.2 Å². The molecule has 2 fully saturated rings. The lowest BCUT2D eigenvalue weighted by atomic mass is 10.1. The van der Waals surface area contributed by atoms with Crippen molar-refractivity contribution in [3.8, 4) is 5.75 Å². The molecule has 0 aliphatic carbocycles. The number of nitrogens with one attached hydrogen (secondary N) is 2. The van der Waals surface area contributed by atoms with Gasteiger partial charge in [0.15, 0.2) is 0 Å². The molecule has 1 unspecified atom stereocenters. The largest absolute Gasteiger partial charge is 0.486 e. The van der Waals surface area contributed by atoms with Gasteiger partial charge in [-0.3, -0.25) is 9.69 Å². The number of anilines is 3. The lowest BCUT2D eigenvalue weighted by Crippen LogP contribution is -2.26. The van der Waals surface area contributed by atoms with Crippen molar-refractivity contribution < 1.29 is 23.4 Å². The predicted octanol–water partition coefficient (Wildman–Crippen LogP) is 4.55. The van der Waals surface area contributed by atoms with Gasteiger partial charge in [-0.15, -0.1) is 0 Å². The minimum Gasteiger partial charge on any atom is -0.486 e. The van der Waals surface area contributed by atoms with Crippen molar-refractivity contribution in [2.45, 2.75) is 18.9 Å². The van der Waals surface area contributed by atoms with E-state index in [4.69, 9.17) is 25.8 Å². The van der Waals surface area contributed by atoms with Crippen molar-refractivity contribution in [3.63, 3.8) is 0 Å². The zero-order valence-corrected chi connectivity index (χ0v) is 21.5. The highest BCUT2D eigenvalue weighted by Crippen LogP contribution is 2.35. The number of hydrogen-bond acceptors (Lipinski definition) is 8. The minimum absolute atomic E-state index is 0.00438. The van der Waals surface area contributed by atoms with Crippen LogP contribution in [0.3, 0.4) is 0 Å². The molecule has 11 heteroatoms. The Bertz CT molecular complexity index is 1310. The number of nitrogens with zero attached hydrogens (tertiary/aromatic N) is 3. The van der Waals surface area contributed by atoms with Crippen LogP contribution in [0.5, 0.6) is 5.75 Å². The Morgan fingerprint density at radius 2 is 2.11 bits per heavy atom. The molecule has 1 aromatic heterocycles. The number of benzene rings is 2. The standard InChI is InChI=1S/C27H29ClFN5O4/c28-21-13-18(4-5-22(21)29)32-27-20-14-24(33-26(35)3-1-7-34-8-2-10-36-12-9-34)25(15-23(20)30-17-31-27)38-19-6-11-37-16-19/h1,3-5,13-15,17,19H,2,6-12,16H2,(H,33,35)(H,30,31,32)/b3-1+. The molecule has 0 radical (unpaired) electrons. The second-order valence-corrected chi connectivity index (χ2v) is 9.51. The Labute approximate surface area is 224 Å². The molecule has 0 saturated carbocycles. The van der Waals surface area contributed by atoms with E-state index in [9.17, 15) is 9.18 Å². The average molecular weight is 542 g/mol. The van der Waals surface area contributed by atoms with Gasteiger partial charge in [-0.05, 0) is 30.7 Å². The summed E-state index contributed by atoms with van der Waals surface area (Å²) in [6, 6.07) is 7.86. The molecular weight excluding hydrogens is 513 g/mol. The number of hydrogen-bond donors (Lipinski definition) is 2. The Balaban J connectivity index is 1.39. The summed E-state index contributed by atoms with van der Waals surface area (Å²) in [5.74, 6) is 0.182. The van der Waals surface area contributed by atoms with Gasteiger partial charge in [0.25, 0.3) is 0 Å². The second-order valence-electron chi connectivity index (χ2n) is 9.10. The number of carbonyl (C=O) groups is 1. The Hall–Kier alpha value is -3.31. The molecular formula is C27H29ClFN5O4. The number of aromatic nitrogens is 2. The van der Waals surface area contributed by atoms with Gasteiger partial charge < -0.3 is 24.8 Å². The van der Waals surface area contributed by atoms with Gasteiger partial charge in [0, 0.05) is 55.9 Å². The molecule has 2 aromatic carbocycles. The summed E-state index contributed by atoms with van der Waals surface area (Å²) in [5, 5.41) is 6.74. The lowest BCUT2D eigenvalue weighted by Gasteiger charge is -2.18. The molecule has 0 bridgehead atoms. The molecule has 200 valence electrons. The minimum atomic E-state index is -0.510. The first-order chi connectivity index (χ1) is 18.5. The quantitative estimate of drug-likeness (QED) is 0.401. The molecule has 2 aliphatic heterocycles. The fraction of sp³-hybridized carbons (Fsp3) is 0.370. The Morgan fingerprint density at radius 1 is 1.18 bits per heavy atom. The first-order valence-electron chi connectivity index (χ1n) is 12.6. The topological polar surface area (TPSA) is 97.8 Å². The van der Waals surface area contributed by atoms with Gasteiger partial charge in [-0.2, -0.15) is 0 Å². The Kier molecular flexibility index (Phi) is 8.65. The molecule has 2 N–H and O–H groups in total. The van der Waals surface area contributed by atoms with E-state index in [1.807, 2.05) is 6.08 Å². The molecule has 1 atom stereocenters. The highest BCUT2D eigenvalue weighted by atomic mass is 35.5. The summed E-state index contributed by atoms with van der Waals surface area (Å²) in [6.07, 6.45) is 6.41. The van der Waals surface area contributed by atoms with Gasteiger partial charge in [0.2, 0.25) is 5.91 Å². The molecule has 38 heavy (non-hydrogen) atoms. The van der Waals surface area contributed by atoms with Crippen LogP contribution in [0, 0.1) is 5.82 Å². The lowest BCUT2D eigenvalue weighted by molar-refractivity contribution is -0.111. The maximum atomic E-state index is 13.6. The third-order valence-corrected chi connectivity index (χ3v) is 6.60. The third kappa shape index (κ3) is 6.76.